The number of benzene rings is 1. The minimum atomic E-state index is 0.846. The van der Waals surface area contributed by atoms with E-state index in [0.29, 0.717) is 0 Å². The highest BCUT2D eigenvalue weighted by atomic mass is 32.1. The Morgan fingerprint density at radius 3 is 3.05 bits per heavy atom. The van der Waals surface area contributed by atoms with Crippen LogP contribution in [0.25, 0.3) is 10.9 Å². The molecule has 20 heavy (non-hydrogen) atoms. The third-order valence-electron chi connectivity index (χ3n) is 3.46. The van der Waals surface area contributed by atoms with Crippen molar-refractivity contribution in [2.24, 2.45) is 0 Å². The number of nitrogens with one attached hydrogen (secondary N) is 1. The average Bonchev–Trinajstić information content (AvgIpc) is 3.11. The highest BCUT2D eigenvalue weighted by Crippen LogP contribution is 2.21. The fraction of sp³-hybridized carbons (Fsp3) is 0.312. The van der Waals surface area contributed by atoms with Gasteiger partial charge in [-0.3, -0.25) is 0 Å². The highest BCUT2D eigenvalue weighted by molar-refractivity contribution is 7.07. The van der Waals surface area contributed by atoms with Crippen LogP contribution in [0.2, 0.25) is 0 Å². The zero-order chi connectivity index (χ0) is 13.8. The van der Waals surface area contributed by atoms with Gasteiger partial charge in [-0.25, -0.2) is 4.98 Å². The summed E-state index contributed by atoms with van der Waals surface area (Å²) in [6, 6.07) is 8.75. The number of fused-ring (bicyclic) bond motifs is 1. The lowest BCUT2D eigenvalue weighted by atomic mass is 10.1. The zero-order valence-electron chi connectivity index (χ0n) is 11.7. The van der Waals surface area contributed by atoms with Crippen LogP contribution in [0, 0.1) is 0 Å². The van der Waals surface area contributed by atoms with Gasteiger partial charge >= 0.3 is 0 Å². The van der Waals surface area contributed by atoms with Gasteiger partial charge in [0.2, 0.25) is 0 Å². The molecule has 0 aliphatic heterocycles. The summed E-state index contributed by atoms with van der Waals surface area (Å²) >= 11 is 1.65. The average molecular weight is 285 g/mol. The van der Waals surface area contributed by atoms with Gasteiger partial charge in [0.1, 0.15) is 0 Å². The molecule has 1 N–H and O–H groups in total. The van der Waals surface area contributed by atoms with Gasteiger partial charge in [0.15, 0.2) is 0 Å². The first-order valence-corrected chi connectivity index (χ1v) is 7.97. The third-order valence-corrected chi connectivity index (χ3v) is 4.10. The van der Waals surface area contributed by atoms with E-state index in [2.05, 4.69) is 57.6 Å². The predicted molar refractivity (Wildman–Crippen MR) is 85.2 cm³/mol. The maximum absolute atomic E-state index is 4.37. The second-order valence-corrected chi connectivity index (χ2v) is 5.67. The molecule has 0 unspecified atom stereocenters. The fourth-order valence-corrected chi connectivity index (χ4v) is 3.02. The van der Waals surface area contributed by atoms with Crippen molar-refractivity contribution in [3.8, 4) is 0 Å². The predicted octanol–water partition coefficient (Wildman–Crippen LogP) is 3.65. The first kappa shape index (κ1) is 13.3. The summed E-state index contributed by atoms with van der Waals surface area (Å²) in [6.45, 7) is 5.04. The molecular weight excluding hydrogens is 266 g/mol. The Hall–Kier alpha value is -1.65. The van der Waals surface area contributed by atoms with Crippen molar-refractivity contribution in [2.45, 2.75) is 26.4 Å². The fourth-order valence-electron chi connectivity index (χ4n) is 2.47. The van der Waals surface area contributed by atoms with E-state index in [1.807, 2.05) is 5.51 Å². The largest absolute Gasteiger partial charge is 0.341 e. The lowest BCUT2D eigenvalue weighted by molar-refractivity contribution is 0.678. The van der Waals surface area contributed by atoms with E-state index in [9.17, 15) is 0 Å². The SMILES string of the molecule is CCCNCc1cccc2c1ccn2Cc1cscn1. The smallest absolute Gasteiger partial charge is 0.0795 e. The quantitative estimate of drug-likeness (QED) is 0.701. The maximum Gasteiger partial charge on any atom is 0.0795 e. The molecule has 0 aliphatic rings. The minimum Gasteiger partial charge on any atom is -0.341 e. The van der Waals surface area contributed by atoms with E-state index < -0.39 is 0 Å². The van der Waals surface area contributed by atoms with Gasteiger partial charge in [-0.05, 0) is 30.7 Å². The Bertz CT molecular complexity index is 670. The Balaban J connectivity index is 1.87. The van der Waals surface area contributed by atoms with Crippen LogP contribution >= 0.6 is 11.3 Å². The van der Waals surface area contributed by atoms with Gasteiger partial charge in [0, 0.05) is 29.0 Å². The molecule has 0 spiro atoms. The number of nitrogens with zero attached hydrogens (tertiary/aromatic N) is 2. The summed E-state index contributed by atoms with van der Waals surface area (Å²) in [6.07, 6.45) is 3.33. The zero-order valence-corrected chi connectivity index (χ0v) is 12.5. The van der Waals surface area contributed by atoms with E-state index in [4.69, 9.17) is 0 Å². The molecule has 0 radical (unpaired) electrons. The standard InChI is InChI=1S/C16H19N3S/c1-2-7-17-9-13-4-3-5-16-15(13)6-8-19(16)10-14-11-20-12-18-14/h3-6,8,11-12,17H,2,7,9-10H2,1H3. The normalized spacial score (nSPS) is 11.2. The molecule has 0 fully saturated rings. The van der Waals surface area contributed by atoms with Crippen molar-refractivity contribution in [3.05, 3.63) is 52.6 Å². The molecule has 104 valence electrons. The van der Waals surface area contributed by atoms with Gasteiger partial charge < -0.3 is 9.88 Å². The minimum absolute atomic E-state index is 0.846. The van der Waals surface area contributed by atoms with Crippen molar-refractivity contribution < 1.29 is 0 Å². The topological polar surface area (TPSA) is 29.9 Å². The van der Waals surface area contributed by atoms with Gasteiger partial charge in [-0.2, -0.15) is 0 Å². The molecule has 0 amide bonds. The first-order chi connectivity index (χ1) is 9.88. The molecule has 2 heterocycles. The molecule has 0 aliphatic carbocycles. The van der Waals surface area contributed by atoms with Crippen LogP contribution in [-0.2, 0) is 13.1 Å². The van der Waals surface area contributed by atoms with Crippen LogP contribution < -0.4 is 5.32 Å². The van der Waals surface area contributed by atoms with E-state index in [1.54, 1.807) is 11.3 Å². The van der Waals surface area contributed by atoms with Crippen molar-refractivity contribution >= 4 is 22.2 Å². The van der Waals surface area contributed by atoms with E-state index in [1.165, 1.54) is 22.9 Å². The van der Waals surface area contributed by atoms with Crippen LogP contribution in [0.1, 0.15) is 24.6 Å². The maximum atomic E-state index is 4.37. The highest BCUT2D eigenvalue weighted by Gasteiger charge is 2.06. The van der Waals surface area contributed by atoms with Crippen molar-refractivity contribution in [1.29, 1.82) is 0 Å². The molecule has 3 nitrogen and oxygen atoms in total. The molecular formula is C16H19N3S. The number of hydrogen-bond donors (Lipinski definition) is 1. The van der Waals surface area contributed by atoms with Crippen LogP contribution in [0.3, 0.4) is 0 Å². The Morgan fingerprint density at radius 1 is 1.30 bits per heavy atom. The van der Waals surface area contributed by atoms with Crippen LogP contribution in [0.15, 0.2) is 41.4 Å². The van der Waals surface area contributed by atoms with E-state index in [-0.39, 0.29) is 0 Å². The van der Waals surface area contributed by atoms with Gasteiger partial charge in [-0.15, -0.1) is 11.3 Å². The number of aromatic nitrogens is 2. The number of thiazole rings is 1. The lowest BCUT2D eigenvalue weighted by Gasteiger charge is -2.07. The van der Waals surface area contributed by atoms with E-state index in [0.717, 1.165) is 25.3 Å². The number of rotatable bonds is 6. The first-order valence-electron chi connectivity index (χ1n) is 7.03. The lowest BCUT2D eigenvalue weighted by Crippen LogP contribution is -2.13. The number of hydrogen-bond acceptors (Lipinski definition) is 3. The van der Waals surface area contributed by atoms with Crippen LogP contribution in [-0.4, -0.2) is 16.1 Å². The Kier molecular flexibility index (Phi) is 4.14. The second-order valence-electron chi connectivity index (χ2n) is 4.95. The molecule has 1 aromatic carbocycles. The second kappa shape index (κ2) is 6.20. The summed E-state index contributed by atoms with van der Waals surface area (Å²) in [7, 11) is 0. The summed E-state index contributed by atoms with van der Waals surface area (Å²) < 4.78 is 2.27. The molecule has 3 aromatic rings. The third kappa shape index (κ3) is 2.76. The summed E-state index contributed by atoms with van der Waals surface area (Å²) in [5.41, 5.74) is 5.67. The molecule has 3 rings (SSSR count). The van der Waals surface area contributed by atoms with Gasteiger partial charge in [-0.1, -0.05) is 19.1 Å². The molecule has 4 heteroatoms. The monoisotopic (exact) mass is 285 g/mol. The molecule has 2 aromatic heterocycles. The van der Waals surface area contributed by atoms with Crippen molar-refractivity contribution in [3.63, 3.8) is 0 Å². The van der Waals surface area contributed by atoms with Crippen LogP contribution in [0.5, 0.6) is 0 Å². The van der Waals surface area contributed by atoms with E-state index >= 15 is 0 Å². The molecule has 0 saturated carbocycles. The summed E-state index contributed by atoms with van der Waals surface area (Å²) in [4.78, 5) is 4.37. The summed E-state index contributed by atoms with van der Waals surface area (Å²) in [5, 5.41) is 6.93. The molecule has 0 bridgehead atoms. The molecule has 0 saturated heterocycles. The van der Waals surface area contributed by atoms with Crippen molar-refractivity contribution in [2.75, 3.05) is 6.54 Å². The Morgan fingerprint density at radius 2 is 2.25 bits per heavy atom. The van der Waals surface area contributed by atoms with Crippen molar-refractivity contribution in [1.82, 2.24) is 14.9 Å². The van der Waals surface area contributed by atoms with Gasteiger partial charge in [0.25, 0.3) is 0 Å². The Labute approximate surface area is 123 Å². The summed E-state index contributed by atoms with van der Waals surface area (Å²) in [5.74, 6) is 0. The molecule has 0 atom stereocenters. The van der Waals surface area contributed by atoms with Gasteiger partial charge in [0.05, 0.1) is 17.7 Å². The van der Waals surface area contributed by atoms with Crippen LogP contribution in [0.4, 0.5) is 0 Å².